The van der Waals surface area contributed by atoms with Gasteiger partial charge < -0.3 is 9.13 Å². The van der Waals surface area contributed by atoms with Gasteiger partial charge in [-0.3, -0.25) is 4.98 Å². The van der Waals surface area contributed by atoms with E-state index in [0.717, 1.165) is 57.1 Å². The van der Waals surface area contributed by atoms with Crippen LogP contribution in [0.5, 0.6) is 0 Å². The maximum atomic E-state index is 5.51. The fourth-order valence-electron chi connectivity index (χ4n) is 11.8. The molecule has 0 saturated carbocycles. The zero-order valence-corrected chi connectivity index (χ0v) is 42.4. The summed E-state index contributed by atoms with van der Waals surface area (Å²) < 4.78 is 9.84. The maximum Gasteiger partial charge on any atom is 0.165 e. The third-order valence-electron chi connectivity index (χ3n) is 15.3. The predicted molar refractivity (Wildman–Crippen MR) is 319 cm³/mol. The molecule has 6 nitrogen and oxygen atoms in total. The van der Waals surface area contributed by atoms with E-state index in [4.69, 9.17) is 19.9 Å². The van der Waals surface area contributed by atoms with Crippen LogP contribution in [-0.4, -0.2) is 29.1 Å². The lowest BCUT2D eigenvalue weighted by Crippen LogP contribution is -2.08. The average Bonchev–Trinajstić information content (AvgIpc) is 4.37. The molecule has 0 spiro atoms. The van der Waals surface area contributed by atoms with Gasteiger partial charge in [-0.15, -0.1) is 22.7 Å². The number of hydrogen-bond acceptors (Lipinski definition) is 6. The maximum absolute atomic E-state index is 5.51. The molecule has 8 heteroatoms. The zero-order valence-electron chi connectivity index (χ0n) is 40.8. The van der Waals surface area contributed by atoms with Gasteiger partial charge in [-0.25, -0.2) is 15.0 Å². The second-order valence-electron chi connectivity index (χ2n) is 19.7. The second kappa shape index (κ2) is 17.1. The average molecular weight is 1010 g/mol. The Hall–Kier alpha value is -9.34. The van der Waals surface area contributed by atoms with Crippen LogP contribution >= 0.6 is 22.7 Å². The van der Waals surface area contributed by atoms with Crippen molar-refractivity contribution in [3.8, 4) is 56.5 Å². The van der Waals surface area contributed by atoms with E-state index in [1.165, 1.54) is 84.0 Å². The Balaban J connectivity index is 0.946. The molecule has 0 fully saturated rings. The lowest BCUT2D eigenvalue weighted by molar-refractivity contribution is 0.764. The first-order chi connectivity index (χ1) is 37.7. The highest BCUT2D eigenvalue weighted by molar-refractivity contribution is 7.26. The summed E-state index contributed by atoms with van der Waals surface area (Å²) in [5.41, 5.74) is 12.7. The van der Waals surface area contributed by atoms with Gasteiger partial charge in [0.05, 0.1) is 27.8 Å². The molecule has 1 atom stereocenters. The number of nitrogens with zero attached hydrogens (tertiary/aromatic N) is 6. The molecule has 0 aliphatic heterocycles. The van der Waals surface area contributed by atoms with Crippen molar-refractivity contribution in [1.82, 2.24) is 29.1 Å². The van der Waals surface area contributed by atoms with Gasteiger partial charge in [0, 0.05) is 108 Å². The Kier molecular flexibility index (Phi) is 9.70. The Morgan fingerprint density at radius 1 is 0.408 bits per heavy atom. The van der Waals surface area contributed by atoms with Crippen molar-refractivity contribution in [2.45, 2.75) is 12.3 Å². The normalized spacial score (nSPS) is 13.8. The van der Waals surface area contributed by atoms with Crippen LogP contribution in [0.3, 0.4) is 0 Å². The largest absolute Gasteiger partial charge is 0.309 e. The van der Waals surface area contributed by atoms with Crippen molar-refractivity contribution < 1.29 is 0 Å². The van der Waals surface area contributed by atoms with Crippen molar-refractivity contribution >= 4 is 107 Å². The summed E-state index contributed by atoms with van der Waals surface area (Å²) in [5.74, 6) is 1.97. The molecule has 1 unspecified atom stereocenters. The summed E-state index contributed by atoms with van der Waals surface area (Å²) in [4.78, 5) is 21.5. The van der Waals surface area contributed by atoms with E-state index in [-0.39, 0.29) is 5.92 Å². The van der Waals surface area contributed by atoms with Crippen molar-refractivity contribution in [2.75, 3.05) is 0 Å². The van der Waals surface area contributed by atoms with Crippen molar-refractivity contribution in [3.63, 3.8) is 0 Å². The van der Waals surface area contributed by atoms with Crippen LogP contribution in [0, 0.1) is 0 Å². The van der Waals surface area contributed by atoms with Gasteiger partial charge in [-0.05, 0) is 90.8 Å². The van der Waals surface area contributed by atoms with Gasteiger partial charge >= 0.3 is 0 Å². The number of para-hydroxylation sites is 4. The molecule has 0 saturated heterocycles. The van der Waals surface area contributed by atoms with Crippen LogP contribution in [0.4, 0.5) is 0 Å². The smallest absolute Gasteiger partial charge is 0.165 e. The highest BCUT2D eigenvalue weighted by Crippen LogP contribution is 2.47. The number of fused-ring (bicyclic) bond motifs is 14. The highest BCUT2D eigenvalue weighted by atomic mass is 32.1. The van der Waals surface area contributed by atoms with Gasteiger partial charge in [-0.2, -0.15) is 0 Å². The molecule has 16 rings (SSSR count). The Morgan fingerprint density at radius 2 is 0.947 bits per heavy atom. The van der Waals surface area contributed by atoms with Gasteiger partial charge in [0.1, 0.15) is 5.82 Å². The fraction of sp³-hybridized carbons (Fsp3) is 0.0294. The van der Waals surface area contributed by atoms with Crippen molar-refractivity contribution in [3.05, 3.63) is 243 Å². The molecule has 15 aromatic rings. The number of rotatable bonds is 7. The molecule has 6 heterocycles. The number of hydrogen-bond donors (Lipinski definition) is 0. The first-order valence-corrected chi connectivity index (χ1v) is 27.4. The van der Waals surface area contributed by atoms with Crippen LogP contribution in [-0.2, 0) is 0 Å². The van der Waals surface area contributed by atoms with Gasteiger partial charge in [0.2, 0.25) is 0 Å². The Bertz CT molecular complexity index is 4910. The molecule has 1 aliphatic rings. The van der Waals surface area contributed by atoms with E-state index in [1.54, 1.807) is 0 Å². The number of allylic oxidation sites excluding steroid dienone is 4. The summed E-state index contributed by atoms with van der Waals surface area (Å²) in [6.07, 6.45) is 11.4. The van der Waals surface area contributed by atoms with Crippen LogP contribution in [0.15, 0.2) is 237 Å². The molecule has 0 bridgehead atoms. The van der Waals surface area contributed by atoms with Crippen LogP contribution in [0.2, 0.25) is 0 Å². The molecule has 6 aromatic heterocycles. The van der Waals surface area contributed by atoms with Crippen LogP contribution < -0.4 is 0 Å². The molecule has 9 aromatic carbocycles. The van der Waals surface area contributed by atoms with E-state index >= 15 is 0 Å². The minimum atomic E-state index is -0.00120. The summed E-state index contributed by atoms with van der Waals surface area (Å²) in [5, 5.41) is 9.85. The number of thiophene rings is 2. The number of pyridine rings is 1. The second-order valence-corrected chi connectivity index (χ2v) is 21.8. The quantitative estimate of drug-likeness (QED) is 0.160. The predicted octanol–water partition coefficient (Wildman–Crippen LogP) is 18.5. The monoisotopic (exact) mass is 1010 g/mol. The van der Waals surface area contributed by atoms with E-state index in [1.807, 2.05) is 47.1 Å². The van der Waals surface area contributed by atoms with E-state index in [9.17, 15) is 0 Å². The summed E-state index contributed by atoms with van der Waals surface area (Å²) in [7, 11) is 0. The molecule has 76 heavy (non-hydrogen) atoms. The highest BCUT2D eigenvalue weighted by Gasteiger charge is 2.24. The van der Waals surface area contributed by atoms with E-state index in [0.29, 0.717) is 11.6 Å². The fourth-order valence-corrected chi connectivity index (χ4v) is 14.0. The van der Waals surface area contributed by atoms with Gasteiger partial charge in [0.25, 0.3) is 0 Å². The molecule has 0 radical (unpaired) electrons. The Morgan fingerprint density at radius 3 is 1.55 bits per heavy atom. The molecular weight excluding hydrogens is 965 g/mol. The molecule has 1 aliphatic carbocycles. The SMILES string of the molecule is C1=CCC(c2nc(-c3ccccc3)nc(-c3cc(-c4ccc5sc6ccc7c8ccccc8n(-c8ccccc8)c7c6c5c4)cnc3-c3ccc4sc5ccc6c7ccccc7n(-c7ccccc7)c6c5c4c3)n2)C=C1. The Labute approximate surface area is 444 Å². The minimum absolute atomic E-state index is 0.00120. The number of benzene rings is 9. The first kappa shape index (κ1) is 43.1. The zero-order chi connectivity index (χ0) is 49.8. The topological polar surface area (TPSA) is 61.4 Å². The van der Waals surface area contributed by atoms with E-state index in [2.05, 4.69) is 221 Å². The number of aromatic nitrogens is 6. The van der Waals surface area contributed by atoms with Gasteiger partial charge in [-0.1, -0.05) is 152 Å². The van der Waals surface area contributed by atoms with Crippen molar-refractivity contribution in [2.24, 2.45) is 0 Å². The summed E-state index contributed by atoms with van der Waals surface area (Å²) >= 11 is 3.68. The molecular formula is C68H42N6S2. The minimum Gasteiger partial charge on any atom is -0.309 e. The molecule has 356 valence electrons. The molecule has 0 N–H and O–H groups in total. The van der Waals surface area contributed by atoms with Crippen molar-refractivity contribution in [1.29, 1.82) is 0 Å². The summed E-state index contributed by atoms with van der Waals surface area (Å²) in [6, 6.07) is 74.5. The summed E-state index contributed by atoms with van der Waals surface area (Å²) in [6.45, 7) is 0. The first-order valence-electron chi connectivity index (χ1n) is 25.7. The lowest BCUT2D eigenvalue weighted by Gasteiger charge is -2.16. The third-order valence-corrected chi connectivity index (χ3v) is 17.6. The van der Waals surface area contributed by atoms with Crippen LogP contribution in [0.25, 0.3) is 140 Å². The standard InChI is InChI=1S/C68H42N6S2/c1-5-17-41(18-6-1)66-70-67(42-19-7-2-8-20-42)72-68(71-66)54-39-45(43-29-33-57-52(37-43)61-59(75-57)35-31-50-48-25-13-15-27-55(48)73(64(50)61)46-21-9-3-10-22-46)40-69-63(54)44-30-34-58-53(38-44)62-60(76-58)36-32-51-49-26-14-16-28-56(49)74(65(51)62)47-23-11-4-12-24-47/h1-19,21-40,42H,20H2. The third kappa shape index (κ3) is 6.71. The van der Waals surface area contributed by atoms with Crippen LogP contribution in [0.1, 0.15) is 18.2 Å². The van der Waals surface area contributed by atoms with E-state index < -0.39 is 0 Å². The lowest BCUT2D eigenvalue weighted by atomic mass is 9.97. The van der Waals surface area contributed by atoms with Gasteiger partial charge in [0.15, 0.2) is 11.6 Å². The molecule has 0 amide bonds.